The first-order chi connectivity index (χ1) is 9.10. The van der Waals surface area contributed by atoms with Crippen LogP contribution in [-0.4, -0.2) is 66.8 Å². The van der Waals surface area contributed by atoms with Crippen molar-refractivity contribution in [1.29, 1.82) is 0 Å². The largest absolute Gasteiger partial charge is 0.481 e. The van der Waals surface area contributed by atoms with Crippen LogP contribution in [0.3, 0.4) is 0 Å². The molecule has 0 aromatic carbocycles. The Balaban J connectivity index is 2.51. The number of rotatable bonds is 6. The predicted octanol–water partition coefficient (Wildman–Crippen LogP) is 1.04. The fourth-order valence-electron chi connectivity index (χ4n) is 2.14. The van der Waals surface area contributed by atoms with Crippen molar-refractivity contribution in [3.63, 3.8) is 0 Å². The van der Waals surface area contributed by atoms with Crippen molar-refractivity contribution in [3.05, 3.63) is 12.7 Å². The number of piperidine rings is 1. The topological polar surface area (TPSA) is 70.1 Å². The highest BCUT2D eigenvalue weighted by atomic mass is 16.5. The van der Waals surface area contributed by atoms with E-state index in [1.165, 1.54) is 0 Å². The molecule has 2 amide bonds. The van der Waals surface area contributed by atoms with Gasteiger partial charge in [-0.05, 0) is 12.8 Å². The van der Waals surface area contributed by atoms with Crippen LogP contribution >= 0.6 is 0 Å². The molecule has 1 saturated heterocycles. The van der Waals surface area contributed by atoms with Gasteiger partial charge in [0.1, 0.15) is 0 Å². The molecule has 1 N–H and O–H groups in total. The molecule has 6 nitrogen and oxygen atoms in total. The molecule has 0 radical (unpaired) electrons. The van der Waals surface area contributed by atoms with Crippen LogP contribution in [0.5, 0.6) is 0 Å². The average Bonchev–Trinajstić information content (AvgIpc) is 2.42. The number of likely N-dealkylation sites (tertiary alicyclic amines) is 1. The van der Waals surface area contributed by atoms with Crippen molar-refractivity contribution in [1.82, 2.24) is 9.80 Å². The number of carbonyl (C=O) groups is 2. The van der Waals surface area contributed by atoms with Crippen LogP contribution in [0.1, 0.15) is 12.8 Å². The normalized spacial score (nSPS) is 16.2. The minimum absolute atomic E-state index is 0.0687. The van der Waals surface area contributed by atoms with E-state index in [1.54, 1.807) is 23.0 Å². The first-order valence-electron chi connectivity index (χ1n) is 6.46. The zero-order valence-electron chi connectivity index (χ0n) is 11.4. The molecule has 0 aliphatic carbocycles. The highest BCUT2D eigenvalue weighted by molar-refractivity contribution is 5.75. The third kappa shape index (κ3) is 4.55. The summed E-state index contributed by atoms with van der Waals surface area (Å²) in [4.78, 5) is 26.5. The number of nitrogens with zero attached hydrogens (tertiary/aromatic N) is 2. The highest BCUT2D eigenvalue weighted by Crippen LogP contribution is 2.18. The Hall–Kier alpha value is -1.56. The lowest BCUT2D eigenvalue weighted by Gasteiger charge is -2.34. The summed E-state index contributed by atoms with van der Waals surface area (Å²) in [6.45, 7) is 6.10. The Labute approximate surface area is 113 Å². The molecule has 0 saturated carbocycles. The maximum atomic E-state index is 12.3. The molecule has 0 atom stereocenters. The summed E-state index contributed by atoms with van der Waals surface area (Å²) in [6, 6.07) is -0.0687. The maximum Gasteiger partial charge on any atom is 0.320 e. The maximum absolute atomic E-state index is 12.3. The summed E-state index contributed by atoms with van der Waals surface area (Å²) in [7, 11) is 1.59. The quantitative estimate of drug-likeness (QED) is 0.732. The molecule has 1 fully saturated rings. The van der Waals surface area contributed by atoms with Gasteiger partial charge >= 0.3 is 12.0 Å². The third-order valence-electron chi connectivity index (χ3n) is 3.30. The number of aliphatic carboxylic acids is 1. The molecule has 0 unspecified atom stereocenters. The van der Waals surface area contributed by atoms with Gasteiger partial charge in [-0.15, -0.1) is 6.58 Å². The second-order valence-corrected chi connectivity index (χ2v) is 4.61. The van der Waals surface area contributed by atoms with E-state index in [4.69, 9.17) is 9.84 Å². The van der Waals surface area contributed by atoms with E-state index in [9.17, 15) is 9.59 Å². The van der Waals surface area contributed by atoms with Gasteiger partial charge in [-0.2, -0.15) is 0 Å². The Morgan fingerprint density at radius 3 is 2.58 bits per heavy atom. The van der Waals surface area contributed by atoms with Crippen LogP contribution in [-0.2, 0) is 9.53 Å². The summed E-state index contributed by atoms with van der Waals surface area (Å²) in [5.41, 5.74) is 0. The Kier molecular flexibility index (Phi) is 6.35. The van der Waals surface area contributed by atoms with E-state index in [-0.39, 0.29) is 11.9 Å². The molecule has 6 heteroatoms. The lowest BCUT2D eigenvalue weighted by atomic mass is 9.97. The molecule has 1 aliphatic rings. The zero-order chi connectivity index (χ0) is 14.3. The molecular formula is C13H22N2O4. The molecule has 19 heavy (non-hydrogen) atoms. The number of carboxylic acid groups (broad SMARTS) is 1. The predicted molar refractivity (Wildman–Crippen MR) is 71.0 cm³/mol. The van der Waals surface area contributed by atoms with Crippen molar-refractivity contribution in [2.75, 3.05) is 39.9 Å². The summed E-state index contributed by atoms with van der Waals surface area (Å²) >= 11 is 0. The molecule has 1 rings (SSSR count). The van der Waals surface area contributed by atoms with Gasteiger partial charge in [-0.1, -0.05) is 6.08 Å². The first-order valence-corrected chi connectivity index (χ1v) is 6.46. The Bertz CT molecular complexity index is 325. The number of ether oxygens (including phenoxy) is 1. The zero-order valence-corrected chi connectivity index (χ0v) is 11.4. The van der Waals surface area contributed by atoms with Crippen molar-refractivity contribution in [3.8, 4) is 0 Å². The van der Waals surface area contributed by atoms with Crippen LogP contribution in [0.15, 0.2) is 12.7 Å². The molecule has 1 aliphatic heterocycles. The van der Waals surface area contributed by atoms with Gasteiger partial charge < -0.3 is 19.6 Å². The number of carbonyl (C=O) groups excluding carboxylic acids is 1. The van der Waals surface area contributed by atoms with Crippen molar-refractivity contribution >= 4 is 12.0 Å². The van der Waals surface area contributed by atoms with Crippen molar-refractivity contribution in [2.24, 2.45) is 5.92 Å². The van der Waals surface area contributed by atoms with E-state index in [0.717, 1.165) is 0 Å². The Morgan fingerprint density at radius 2 is 2.11 bits per heavy atom. The van der Waals surface area contributed by atoms with Gasteiger partial charge in [0.05, 0.1) is 12.5 Å². The van der Waals surface area contributed by atoms with Gasteiger partial charge in [0.15, 0.2) is 0 Å². The van der Waals surface area contributed by atoms with E-state index in [1.807, 2.05) is 0 Å². The Morgan fingerprint density at radius 1 is 1.47 bits per heavy atom. The van der Waals surface area contributed by atoms with E-state index in [0.29, 0.717) is 45.6 Å². The fourth-order valence-corrected chi connectivity index (χ4v) is 2.14. The van der Waals surface area contributed by atoms with E-state index < -0.39 is 5.97 Å². The van der Waals surface area contributed by atoms with Crippen LogP contribution in [0.25, 0.3) is 0 Å². The second kappa shape index (κ2) is 7.78. The standard InChI is InChI=1S/C13H22N2O4/c1-3-6-14(9-10-19-2)13(18)15-7-4-11(5-8-15)12(16)17/h3,11H,1,4-10H2,2H3,(H,16,17). The van der Waals surface area contributed by atoms with Gasteiger partial charge in [-0.3, -0.25) is 4.79 Å². The molecule has 108 valence electrons. The minimum Gasteiger partial charge on any atom is -0.481 e. The van der Waals surface area contributed by atoms with E-state index >= 15 is 0 Å². The summed E-state index contributed by atoms with van der Waals surface area (Å²) < 4.78 is 4.98. The number of hydrogen-bond acceptors (Lipinski definition) is 3. The number of methoxy groups -OCH3 is 1. The van der Waals surface area contributed by atoms with Crippen LogP contribution in [0.4, 0.5) is 4.79 Å². The summed E-state index contributed by atoms with van der Waals surface area (Å²) in [6.07, 6.45) is 2.72. The van der Waals surface area contributed by atoms with Crippen molar-refractivity contribution < 1.29 is 19.4 Å². The van der Waals surface area contributed by atoms with E-state index in [2.05, 4.69) is 6.58 Å². The SMILES string of the molecule is C=CCN(CCOC)C(=O)N1CCC(C(=O)O)CC1. The van der Waals surface area contributed by atoms with Gasteiger partial charge in [0.25, 0.3) is 0 Å². The van der Waals surface area contributed by atoms with Gasteiger partial charge in [0.2, 0.25) is 0 Å². The number of amides is 2. The van der Waals surface area contributed by atoms with Crippen LogP contribution < -0.4 is 0 Å². The number of carboxylic acids is 1. The van der Waals surface area contributed by atoms with Crippen LogP contribution in [0.2, 0.25) is 0 Å². The molecule has 0 aromatic rings. The van der Waals surface area contributed by atoms with Crippen LogP contribution in [0, 0.1) is 5.92 Å². The minimum atomic E-state index is -0.769. The molecule has 0 bridgehead atoms. The highest BCUT2D eigenvalue weighted by Gasteiger charge is 2.28. The summed E-state index contributed by atoms with van der Waals surface area (Å²) in [5, 5.41) is 8.93. The van der Waals surface area contributed by atoms with Crippen molar-refractivity contribution in [2.45, 2.75) is 12.8 Å². The molecule has 0 spiro atoms. The molecular weight excluding hydrogens is 248 g/mol. The monoisotopic (exact) mass is 270 g/mol. The number of hydrogen-bond donors (Lipinski definition) is 1. The third-order valence-corrected chi connectivity index (χ3v) is 3.30. The lowest BCUT2D eigenvalue weighted by molar-refractivity contribution is -0.143. The number of urea groups is 1. The lowest BCUT2D eigenvalue weighted by Crippen LogP contribution is -2.48. The second-order valence-electron chi connectivity index (χ2n) is 4.61. The van der Waals surface area contributed by atoms with Gasteiger partial charge in [-0.25, -0.2) is 4.79 Å². The molecule has 0 aromatic heterocycles. The van der Waals surface area contributed by atoms with Gasteiger partial charge in [0, 0.05) is 33.3 Å². The first kappa shape index (κ1) is 15.5. The fraction of sp³-hybridized carbons (Fsp3) is 0.692. The smallest absolute Gasteiger partial charge is 0.320 e. The molecule has 1 heterocycles. The average molecular weight is 270 g/mol. The summed E-state index contributed by atoms with van der Waals surface area (Å²) in [5.74, 6) is -1.09.